The Morgan fingerprint density at radius 3 is 2.43 bits per heavy atom. The first kappa shape index (κ1) is 11.0. The summed E-state index contributed by atoms with van der Waals surface area (Å²) in [6.07, 6.45) is 3.18. The van der Waals surface area contributed by atoms with E-state index in [0.717, 1.165) is 22.2 Å². The lowest BCUT2D eigenvalue weighted by atomic mass is 10.1. The van der Waals surface area contributed by atoms with Crippen LogP contribution in [0, 0.1) is 9.99 Å². The van der Waals surface area contributed by atoms with E-state index in [1.165, 1.54) is 0 Å². The van der Waals surface area contributed by atoms with Crippen LogP contribution in [-0.2, 0) is 4.74 Å². The van der Waals surface area contributed by atoms with Crippen molar-refractivity contribution in [2.24, 2.45) is 0 Å². The molecule has 1 fully saturated rings. The highest BCUT2D eigenvalue weighted by molar-refractivity contribution is 14.1. The molecular weight excluding hydrogens is 334 g/mol. The summed E-state index contributed by atoms with van der Waals surface area (Å²) in [6, 6.07) is 3.84. The van der Waals surface area contributed by atoms with Gasteiger partial charge in [0.25, 0.3) is 0 Å². The normalized spacial score (nSPS) is 21.5. The van der Waals surface area contributed by atoms with E-state index in [2.05, 4.69) is 29.0 Å². The Bertz CT molecular complexity index is 325. The monoisotopic (exact) mass is 341 g/mol. The van der Waals surface area contributed by atoms with E-state index in [0.29, 0.717) is 10.0 Å². The number of benzene rings is 1. The molecule has 0 aromatic heterocycles. The van der Waals surface area contributed by atoms with E-state index in [4.69, 9.17) is 27.9 Å². The fraction of sp³-hybridized carbons (Fsp3) is 0.300. The van der Waals surface area contributed by atoms with Crippen molar-refractivity contribution in [1.82, 2.24) is 0 Å². The summed E-state index contributed by atoms with van der Waals surface area (Å²) in [5.74, 6) is 0. The molecular formula is C10H8Cl2IO. The molecule has 0 spiro atoms. The second kappa shape index (κ2) is 4.56. The van der Waals surface area contributed by atoms with Crippen LogP contribution in [0.15, 0.2) is 12.1 Å². The smallest absolute Gasteiger partial charge is 0.0858 e. The standard InChI is InChI=1S/C10H8Cl2IO/c11-7-4-6(5-8(12)10(7)13)9-2-1-3-14-9/h2,4-5,9H,1,3H2. The molecule has 0 N–H and O–H groups in total. The van der Waals surface area contributed by atoms with E-state index < -0.39 is 0 Å². The molecule has 14 heavy (non-hydrogen) atoms. The first-order valence-electron chi connectivity index (χ1n) is 4.28. The molecule has 0 amide bonds. The highest BCUT2D eigenvalue weighted by Crippen LogP contribution is 2.34. The molecule has 4 heteroatoms. The second-order valence-electron chi connectivity index (χ2n) is 3.11. The lowest BCUT2D eigenvalue weighted by molar-refractivity contribution is 0.124. The third-order valence-corrected chi connectivity index (χ3v) is 4.53. The molecule has 1 nitrogen and oxygen atoms in total. The molecule has 2 rings (SSSR count). The van der Waals surface area contributed by atoms with Crippen molar-refractivity contribution in [2.75, 3.05) is 6.61 Å². The highest BCUT2D eigenvalue weighted by atomic mass is 127. The van der Waals surface area contributed by atoms with Crippen LogP contribution < -0.4 is 0 Å². The largest absolute Gasteiger partial charge is 0.373 e. The predicted molar refractivity (Wildman–Crippen MR) is 66.8 cm³/mol. The van der Waals surface area contributed by atoms with E-state index in [-0.39, 0.29) is 6.10 Å². The van der Waals surface area contributed by atoms with Crippen LogP contribution in [0.25, 0.3) is 0 Å². The molecule has 1 aliphatic rings. The molecule has 1 aromatic carbocycles. The SMILES string of the molecule is Clc1cc(C2[CH]CCO2)cc(Cl)c1I. The quantitative estimate of drug-likeness (QED) is 0.547. The van der Waals surface area contributed by atoms with Gasteiger partial charge in [-0.25, -0.2) is 0 Å². The van der Waals surface area contributed by atoms with Gasteiger partial charge in [-0.1, -0.05) is 23.2 Å². The molecule has 1 aliphatic heterocycles. The Hall–Kier alpha value is 0.490. The van der Waals surface area contributed by atoms with Gasteiger partial charge in [-0.3, -0.25) is 0 Å². The first-order chi connectivity index (χ1) is 6.68. The predicted octanol–water partition coefficient (Wildman–Crippen LogP) is 4.26. The number of rotatable bonds is 1. The lowest BCUT2D eigenvalue weighted by Gasteiger charge is -2.11. The van der Waals surface area contributed by atoms with Crippen molar-refractivity contribution in [3.8, 4) is 0 Å². The maximum absolute atomic E-state index is 6.04. The molecule has 1 heterocycles. The molecule has 75 valence electrons. The molecule has 1 unspecified atom stereocenters. The summed E-state index contributed by atoms with van der Waals surface area (Å²) < 4.78 is 6.41. The topological polar surface area (TPSA) is 9.23 Å². The van der Waals surface area contributed by atoms with Gasteiger partial charge in [-0.15, -0.1) is 0 Å². The number of hydrogen-bond acceptors (Lipinski definition) is 1. The van der Waals surface area contributed by atoms with Crippen molar-refractivity contribution in [3.63, 3.8) is 0 Å². The summed E-state index contributed by atoms with van der Waals surface area (Å²) in [7, 11) is 0. The molecule has 0 saturated carbocycles. The summed E-state index contributed by atoms with van der Waals surface area (Å²) in [6.45, 7) is 0.784. The van der Waals surface area contributed by atoms with Crippen LogP contribution >= 0.6 is 45.8 Å². The number of halogens is 3. The van der Waals surface area contributed by atoms with Gasteiger partial charge in [0.2, 0.25) is 0 Å². The van der Waals surface area contributed by atoms with E-state index in [1.54, 1.807) is 0 Å². The van der Waals surface area contributed by atoms with E-state index in [1.807, 2.05) is 12.1 Å². The first-order valence-corrected chi connectivity index (χ1v) is 6.11. The summed E-state index contributed by atoms with van der Waals surface area (Å²) in [4.78, 5) is 0. The average Bonchev–Trinajstić information content (AvgIpc) is 2.66. The molecule has 0 bridgehead atoms. The minimum absolute atomic E-state index is 0.0574. The number of ether oxygens (including phenoxy) is 1. The Morgan fingerprint density at radius 2 is 1.93 bits per heavy atom. The van der Waals surface area contributed by atoms with Gasteiger partial charge in [0.15, 0.2) is 0 Å². The molecule has 1 saturated heterocycles. The van der Waals surface area contributed by atoms with Crippen LogP contribution in [-0.4, -0.2) is 6.61 Å². The summed E-state index contributed by atoms with van der Waals surface area (Å²) in [5, 5.41) is 1.38. The zero-order valence-corrected chi connectivity index (χ0v) is 10.9. The van der Waals surface area contributed by atoms with Crippen molar-refractivity contribution in [3.05, 3.63) is 37.7 Å². The Morgan fingerprint density at radius 1 is 1.29 bits per heavy atom. The molecule has 1 atom stereocenters. The summed E-state index contributed by atoms with van der Waals surface area (Å²) >= 11 is 14.2. The number of hydrogen-bond donors (Lipinski definition) is 0. The van der Waals surface area contributed by atoms with Gasteiger partial charge in [0.05, 0.1) is 19.7 Å². The van der Waals surface area contributed by atoms with Gasteiger partial charge >= 0.3 is 0 Å². The Labute approximate surface area is 107 Å². The van der Waals surface area contributed by atoms with Gasteiger partial charge in [0, 0.05) is 6.61 Å². The second-order valence-corrected chi connectivity index (χ2v) is 5.01. The zero-order valence-electron chi connectivity index (χ0n) is 7.27. The third-order valence-electron chi connectivity index (χ3n) is 2.13. The van der Waals surface area contributed by atoms with Crippen LogP contribution in [0.2, 0.25) is 10.0 Å². The lowest BCUT2D eigenvalue weighted by Crippen LogP contribution is -1.96. The van der Waals surface area contributed by atoms with Gasteiger partial charge in [-0.2, -0.15) is 0 Å². The average molecular weight is 342 g/mol. The van der Waals surface area contributed by atoms with Crippen molar-refractivity contribution < 1.29 is 4.74 Å². The van der Waals surface area contributed by atoms with Gasteiger partial charge in [0.1, 0.15) is 0 Å². The van der Waals surface area contributed by atoms with Crippen molar-refractivity contribution in [1.29, 1.82) is 0 Å². The van der Waals surface area contributed by atoms with Gasteiger partial charge in [-0.05, 0) is 53.1 Å². The van der Waals surface area contributed by atoms with Crippen LogP contribution in [0.1, 0.15) is 18.1 Å². The third kappa shape index (κ3) is 2.18. The fourth-order valence-corrected chi connectivity index (χ4v) is 2.27. The maximum atomic E-state index is 6.04. The minimum Gasteiger partial charge on any atom is -0.373 e. The van der Waals surface area contributed by atoms with Crippen LogP contribution in [0.5, 0.6) is 0 Å². The van der Waals surface area contributed by atoms with Crippen molar-refractivity contribution >= 4 is 45.8 Å². The Kier molecular flexibility index (Phi) is 3.58. The summed E-state index contributed by atoms with van der Waals surface area (Å²) in [5.41, 5.74) is 1.04. The molecule has 0 aliphatic carbocycles. The zero-order chi connectivity index (χ0) is 10.1. The minimum atomic E-state index is 0.0574. The van der Waals surface area contributed by atoms with E-state index in [9.17, 15) is 0 Å². The van der Waals surface area contributed by atoms with Crippen LogP contribution in [0.4, 0.5) is 0 Å². The van der Waals surface area contributed by atoms with E-state index >= 15 is 0 Å². The molecule has 1 radical (unpaired) electrons. The van der Waals surface area contributed by atoms with Gasteiger partial charge < -0.3 is 4.74 Å². The maximum Gasteiger partial charge on any atom is 0.0858 e. The molecule has 1 aromatic rings. The van der Waals surface area contributed by atoms with Crippen molar-refractivity contribution in [2.45, 2.75) is 12.5 Å². The Balaban J connectivity index is 2.34. The highest BCUT2D eigenvalue weighted by Gasteiger charge is 2.19. The fourth-order valence-electron chi connectivity index (χ4n) is 1.45. The van der Waals surface area contributed by atoms with Crippen LogP contribution in [0.3, 0.4) is 0 Å².